The van der Waals surface area contributed by atoms with Crippen LogP contribution in [-0.4, -0.2) is 71.2 Å². The molecule has 86 valence electrons. The maximum absolute atomic E-state index is 10.5. The van der Waals surface area contributed by atoms with E-state index in [1.807, 2.05) is 9.80 Å². The number of hydrogen-bond donors (Lipinski definition) is 2. The van der Waals surface area contributed by atoms with Gasteiger partial charge in [0.15, 0.2) is 0 Å². The van der Waals surface area contributed by atoms with Crippen LogP contribution in [0.15, 0.2) is 0 Å². The molecule has 0 aromatic heterocycles. The highest BCUT2D eigenvalue weighted by Gasteiger charge is 2.17. The Balaban J connectivity index is 2.34. The lowest BCUT2D eigenvalue weighted by Gasteiger charge is -2.18. The molecule has 15 heavy (non-hydrogen) atoms. The fourth-order valence-corrected chi connectivity index (χ4v) is 1.72. The smallest absolute Gasteiger partial charge is 0.317 e. The van der Waals surface area contributed by atoms with Gasteiger partial charge in [-0.3, -0.25) is 19.4 Å². The number of nitrogens with zero attached hydrogens (tertiary/aromatic N) is 2. The second kappa shape index (κ2) is 5.67. The number of aliphatic carboxylic acids is 2. The maximum Gasteiger partial charge on any atom is 0.317 e. The first kappa shape index (κ1) is 11.9. The fourth-order valence-electron chi connectivity index (χ4n) is 1.72. The summed E-state index contributed by atoms with van der Waals surface area (Å²) < 4.78 is 0. The van der Waals surface area contributed by atoms with Crippen molar-refractivity contribution >= 4 is 11.9 Å². The number of rotatable bonds is 4. The van der Waals surface area contributed by atoms with Crippen LogP contribution in [0.2, 0.25) is 0 Å². The second-order valence-corrected chi connectivity index (χ2v) is 3.69. The summed E-state index contributed by atoms with van der Waals surface area (Å²) in [6, 6.07) is 0. The highest BCUT2D eigenvalue weighted by Crippen LogP contribution is 2.02. The summed E-state index contributed by atoms with van der Waals surface area (Å²) in [5, 5.41) is 17.2. The van der Waals surface area contributed by atoms with E-state index in [1.54, 1.807) is 0 Å². The fraction of sp³-hybridized carbons (Fsp3) is 0.778. The molecular formula is C9H16N2O4. The largest absolute Gasteiger partial charge is 0.480 e. The summed E-state index contributed by atoms with van der Waals surface area (Å²) in [4.78, 5) is 24.7. The third-order valence-electron chi connectivity index (χ3n) is 2.40. The van der Waals surface area contributed by atoms with Crippen LogP contribution in [0.3, 0.4) is 0 Å². The number of hydrogen-bond acceptors (Lipinski definition) is 4. The van der Waals surface area contributed by atoms with Gasteiger partial charge in [-0.2, -0.15) is 0 Å². The summed E-state index contributed by atoms with van der Waals surface area (Å²) in [5.41, 5.74) is 0. The summed E-state index contributed by atoms with van der Waals surface area (Å²) in [5.74, 6) is -1.66. The first-order valence-electron chi connectivity index (χ1n) is 4.96. The predicted molar refractivity (Wildman–Crippen MR) is 52.8 cm³/mol. The molecule has 0 radical (unpaired) electrons. The minimum atomic E-state index is -0.832. The Kier molecular flexibility index (Phi) is 4.51. The predicted octanol–water partition coefficient (Wildman–Crippen LogP) is -0.837. The molecule has 0 amide bonds. The van der Waals surface area contributed by atoms with E-state index >= 15 is 0 Å². The molecule has 0 spiro atoms. The Labute approximate surface area is 88.1 Å². The van der Waals surface area contributed by atoms with Gasteiger partial charge in [0.2, 0.25) is 0 Å². The lowest BCUT2D eigenvalue weighted by Crippen LogP contribution is -2.35. The Bertz CT molecular complexity index is 220. The molecule has 0 aromatic carbocycles. The molecule has 1 rings (SSSR count). The van der Waals surface area contributed by atoms with E-state index in [0.29, 0.717) is 13.1 Å². The zero-order valence-corrected chi connectivity index (χ0v) is 8.56. The zero-order chi connectivity index (χ0) is 11.3. The summed E-state index contributed by atoms with van der Waals surface area (Å²) >= 11 is 0. The standard InChI is InChI=1S/C9H16N2O4/c12-8(13)6-10-2-1-3-11(5-4-10)7-9(14)15/h1-7H2,(H,12,13)(H,14,15). The molecule has 0 unspecified atom stereocenters. The molecular weight excluding hydrogens is 200 g/mol. The SMILES string of the molecule is O=C(O)CN1CCCN(CC(=O)O)CC1. The monoisotopic (exact) mass is 216 g/mol. The summed E-state index contributed by atoms with van der Waals surface area (Å²) in [7, 11) is 0. The lowest BCUT2D eigenvalue weighted by atomic mass is 10.4. The van der Waals surface area contributed by atoms with Gasteiger partial charge in [-0.05, 0) is 6.42 Å². The van der Waals surface area contributed by atoms with E-state index in [4.69, 9.17) is 10.2 Å². The number of carboxylic acids is 2. The van der Waals surface area contributed by atoms with Crippen LogP contribution in [0.5, 0.6) is 0 Å². The van der Waals surface area contributed by atoms with Crippen molar-refractivity contribution < 1.29 is 19.8 Å². The van der Waals surface area contributed by atoms with Gasteiger partial charge in [0.1, 0.15) is 0 Å². The van der Waals surface area contributed by atoms with Gasteiger partial charge >= 0.3 is 11.9 Å². The van der Waals surface area contributed by atoms with E-state index in [-0.39, 0.29) is 13.1 Å². The Morgan fingerprint density at radius 1 is 0.867 bits per heavy atom. The van der Waals surface area contributed by atoms with Gasteiger partial charge in [0, 0.05) is 26.2 Å². The average molecular weight is 216 g/mol. The highest BCUT2D eigenvalue weighted by molar-refractivity contribution is 5.69. The van der Waals surface area contributed by atoms with E-state index in [9.17, 15) is 9.59 Å². The van der Waals surface area contributed by atoms with Crippen molar-refractivity contribution in [3.63, 3.8) is 0 Å². The third kappa shape index (κ3) is 4.75. The van der Waals surface area contributed by atoms with Crippen molar-refractivity contribution in [3.05, 3.63) is 0 Å². The van der Waals surface area contributed by atoms with Crippen LogP contribution in [0.25, 0.3) is 0 Å². The van der Waals surface area contributed by atoms with Crippen LogP contribution in [0.4, 0.5) is 0 Å². The van der Waals surface area contributed by atoms with Gasteiger partial charge in [0.25, 0.3) is 0 Å². The van der Waals surface area contributed by atoms with Crippen molar-refractivity contribution in [1.29, 1.82) is 0 Å². The molecule has 6 heteroatoms. The summed E-state index contributed by atoms with van der Waals surface area (Å²) in [6.07, 6.45) is 0.820. The molecule has 0 aliphatic carbocycles. The average Bonchev–Trinajstić information content (AvgIpc) is 2.29. The Morgan fingerprint density at radius 2 is 1.27 bits per heavy atom. The molecule has 1 aliphatic heterocycles. The van der Waals surface area contributed by atoms with E-state index in [2.05, 4.69) is 0 Å². The van der Waals surface area contributed by atoms with E-state index in [1.165, 1.54) is 0 Å². The van der Waals surface area contributed by atoms with Gasteiger partial charge in [-0.25, -0.2) is 0 Å². The first-order valence-corrected chi connectivity index (χ1v) is 4.96. The van der Waals surface area contributed by atoms with Gasteiger partial charge in [-0.15, -0.1) is 0 Å². The lowest BCUT2D eigenvalue weighted by molar-refractivity contribution is -0.139. The quantitative estimate of drug-likeness (QED) is 0.638. The van der Waals surface area contributed by atoms with Crippen LogP contribution >= 0.6 is 0 Å². The van der Waals surface area contributed by atoms with Crippen LogP contribution < -0.4 is 0 Å². The van der Waals surface area contributed by atoms with Gasteiger partial charge < -0.3 is 10.2 Å². The normalized spacial score (nSPS) is 19.7. The minimum Gasteiger partial charge on any atom is -0.480 e. The second-order valence-electron chi connectivity index (χ2n) is 3.69. The van der Waals surface area contributed by atoms with Crippen molar-refractivity contribution in [2.45, 2.75) is 6.42 Å². The third-order valence-corrected chi connectivity index (χ3v) is 2.40. The molecule has 1 fully saturated rings. The molecule has 0 bridgehead atoms. The topological polar surface area (TPSA) is 81.1 Å². The molecule has 1 saturated heterocycles. The first-order chi connectivity index (χ1) is 7.08. The van der Waals surface area contributed by atoms with Crippen molar-refractivity contribution in [2.75, 3.05) is 39.3 Å². The molecule has 0 saturated carbocycles. The maximum atomic E-state index is 10.5. The van der Waals surface area contributed by atoms with Crippen molar-refractivity contribution in [1.82, 2.24) is 9.80 Å². The number of carbonyl (C=O) groups is 2. The van der Waals surface area contributed by atoms with E-state index in [0.717, 1.165) is 19.5 Å². The molecule has 0 aromatic rings. The molecule has 1 aliphatic rings. The highest BCUT2D eigenvalue weighted by atomic mass is 16.4. The Morgan fingerprint density at radius 3 is 1.60 bits per heavy atom. The van der Waals surface area contributed by atoms with Gasteiger partial charge in [-0.1, -0.05) is 0 Å². The number of carboxylic acid groups (broad SMARTS) is 2. The van der Waals surface area contributed by atoms with Crippen molar-refractivity contribution in [3.8, 4) is 0 Å². The molecule has 2 N–H and O–H groups in total. The van der Waals surface area contributed by atoms with Crippen LogP contribution in [-0.2, 0) is 9.59 Å². The van der Waals surface area contributed by atoms with Crippen LogP contribution in [0, 0.1) is 0 Å². The molecule has 1 heterocycles. The van der Waals surface area contributed by atoms with Gasteiger partial charge in [0.05, 0.1) is 13.1 Å². The zero-order valence-electron chi connectivity index (χ0n) is 8.56. The van der Waals surface area contributed by atoms with Crippen molar-refractivity contribution in [2.24, 2.45) is 0 Å². The van der Waals surface area contributed by atoms with E-state index < -0.39 is 11.9 Å². The molecule has 0 atom stereocenters. The molecule has 6 nitrogen and oxygen atoms in total. The minimum absolute atomic E-state index is 0.0426. The Hall–Kier alpha value is -1.14. The van der Waals surface area contributed by atoms with Crippen LogP contribution in [0.1, 0.15) is 6.42 Å². The summed E-state index contributed by atoms with van der Waals surface area (Å²) in [6.45, 7) is 2.78.